The van der Waals surface area contributed by atoms with Crippen molar-refractivity contribution in [2.75, 3.05) is 5.32 Å². The van der Waals surface area contributed by atoms with Gasteiger partial charge < -0.3 is 5.32 Å². The van der Waals surface area contributed by atoms with Crippen LogP contribution in [0, 0.1) is 22.9 Å². The number of anilines is 1. The number of alkyl halides is 3. The van der Waals surface area contributed by atoms with E-state index < -0.39 is 50.9 Å². The van der Waals surface area contributed by atoms with Crippen LogP contribution in [0.4, 0.5) is 28.9 Å². The van der Waals surface area contributed by atoms with Crippen LogP contribution in [0.15, 0.2) is 53.3 Å². The van der Waals surface area contributed by atoms with Crippen molar-refractivity contribution in [2.45, 2.75) is 13.1 Å². The lowest BCUT2D eigenvalue weighted by atomic mass is 10.1. The van der Waals surface area contributed by atoms with Crippen molar-refractivity contribution in [2.24, 2.45) is 0 Å². The molecule has 12 heteroatoms. The summed E-state index contributed by atoms with van der Waals surface area (Å²) in [4.78, 5) is 34.6. The number of rotatable bonds is 4. The van der Waals surface area contributed by atoms with E-state index in [0.29, 0.717) is 0 Å². The highest BCUT2D eigenvalue weighted by molar-refractivity contribution is 6.02. The van der Waals surface area contributed by atoms with Crippen molar-refractivity contribution in [3.63, 3.8) is 0 Å². The molecular weight excluding hydrogens is 424 g/mol. The number of aryl methyl sites for hydroxylation is 1. The maximum Gasteiger partial charge on any atom is 0.418 e. The Bertz CT molecular complexity index is 1250. The third-order valence-electron chi connectivity index (χ3n) is 4.16. The predicted molar refractivity (Wildman–Crippen MR) is 101 cm³/mol. The number of para-hydroxylation sites is 1. The highest BCUT2D eigenvalue weighted by Crippen LogP contribution is 2.33. The fourth-order valence-corrected chi connectivity index (χ4v) is 2.77. The van der Waals surface area contributed by atoms with Gasteiger partial charge in [-0.1, -0.05) is 12.1 Å². The maximum absolute atomic E-state index is 13.5. The molecule has 3 aromatic rings. The van der Waals surface area contributed by atoms with Gasteiger partial charge >= 0.3 is 11.9 Å². The summed E-state index contributed by atoms with van der Waals surface area (Å²) in [6, 6.07) is 7.89. The van der Waals surface area contributed by atoms with E-state index in [1.165, 1.54) is 19.1 Å². The molecule has 0 unspecified atom stereocenters. The highest BCUT2D eigenvalue weighted by Gasteiger charge is 2.34. The zero-order valence-corrected chi connectivity index (χ0v) is 15.6. The Balaban J connectivity index is 2.05. The molecule has 0 bridgehead atoms. The number of carbonyl (C=O) groups is 1. The second-order valence-corrected chi connectivity index (χ2v) is 6.30. The Kier molecular flexibility index (Phi) is 5.56. The van der Waals surface area contributed by atoms with E-state index in [2.05, 4.69) is 10.4 Å². The molecule has 0 aliphatic carbocycles. The molecule has 0 aliphatic heterocycles. The number of nitrogens with one attached hydrogen (secondary N) is 1. The molecule has 1 heterocycles. The Hall–Kier alpha value is -4.09. The zero-order valence-electron chi connectivity index (χ0n) is 15.6. The van der Waals surface area contributed by atoms with Crippen molar-refractivity contribution in [1.82, 2.24) is 9.78 Å². The summed E-state index contributed by atoms with van der Waals surface area (Å²) in [7, 11) is 0. The first-order valence-electron chi connectivity index (χ1n) is 8.52. The number of nitro benzene ring substituents is 1. The first-order chi connectivity index (χ1) is 14.5. The van der Waals surface area contributed by atoms with Gasteiger partial charge in [0.25, 0.3) is 5.91 Å². The van der Waals surface area contributed by atoms with Crippen LogP contribution in [0.2, 0.25) is 0 Å². The van der Waals surface area contributed by atoms with Crippen LogP contribution >= 0.6 is 0 Å². The van der Waals surface area contributed by atoms with E-state index in [4.69, 9.17) is 0 Å². The Labute approximate surface area is 170 Å². The van der Waals surface area contributed by atoms with Gasteiger partial charge in [-0.05, 0) is 31.2 Å². The Morgan fingerprint density at radius 3 is 2.48 bits per heavy atom. The third kappa shape index (κ3) is 4.42. The lowest BCUT2D eigenvalue weighted by Crippen LogP contribution is -2.27. The van der Waals surface area contributed by atoms with Gasteiger partial charge in [-0.2, -0.15) is 22.7 Å². The molecule has 0 aliphatic rings. The van der Waals surface area contributed by atoms with Gasteiger partial charge in [0.2, 0.25) is 11.2 Å². The van der Waals surface area contributed by atoms with E-state index in [9.17, 15) is 37.3 Å². The number of nitro groups is 1. The van der Waals surface area contributed by atoms with E-state index in [1.54, 1.807) is 0 Å². The van der Waals surface area contributed by atoms with Gasteiger partial charge in [-0.3, -0.25) is 19.7 Å². The Morgan fingerprint density at radius 1 is 1.16 bits per heavy atom. The van der Waals surface area contributed by atoms with E-state index in [1.807, 2.05) is 0 Å². The molecule has 0 radical (unpaired) electrons. The molecule has 2 aromatic carbocycles. The molecular formula is C19H12F4N4O4. The number of nitrogens with zero attached hydrogens (tertiary/aromatic N) is 3. The minimum atomic E-state index is -4.72. The molecule has 1 aromatic heterocycles. The van der Waals surface area contributed by atoms with Crippen molar-refractivity contribution < 1.29 is 27.3 Å². The van der Waals surface area contributed by atoms with Crippen LogP contribution in [-0.4, -0.2) is 20.6 Å². The minimum absolute atomic E-state index is 0.0377. The number of halogens is 4. The molecule has 0 saturated heterocycles. The number of benzene rings is 2. The fourth-order valence-electron chi connectivity index (χ4n) is 2.77. The van der Waals surface area contributed by atoms with Gasteiger partial charge in [0, 0.05) is 23.5 Å². The molecule has 0 spiro atoms. The first kappa shape index (κ1) is 21.6. The maximum atomic E-state index is 13.5. The van der Waals surface area contributed by atoms with E-state index >= 15 is 0 Å². The number of hydrogen-bond donors (Lipinski definition) is 1. The van der Waals surface area contributed by atoms with Crippen molar-refractivity contribution in [3.05, 3.63) is 91.6 Å². The molecule has 0 saturated carbocycles. The molecule has 0 atom stereocenters. The lowest BCUT2D eigenvalue weighted by molar-refractivity contribution is -0.387. The van der Waals surface area contributed by atoms with Gasteiger partial charge in [-0.25, -0.2) is 4.68 Å². The second-order valence-electron chi connectivity index (χ2n) is 6.30. The van der Waals surface area contributed by atoms with Crippen LogP contribution in [-0.2, 0) is 6.18 Å². The number of aromatic nitrogens is 2. The summed E-state index contributed by atoms with van der Waals surface area (Å²) in [6.45, 7) is 1.34. The molecule has 1 N–H and O–H groups in total. The lowest BCUT2D eigenvalue weighted by Gasteiger charge is -2.16. The smallest absolute Gasteiger partial charge is 0.320 e. The standard InChI is InChI=1S/C19H12F4N4O4/c1-10-8-16(28)17(18(29)24-11-6-7-13(20)15(9-11)27(30)31)25-26(10)14-5-3-2-4-12(14)19(21,22)23/h2-9H,1H3,(H,24,29). The normalized spacial score (nSPS) is 11.3. The average Bonchev–Trinajstić information content (AvgIpc) is 2.68. The minimum Gasteiger partial charge on any atom is -0.320 e. The van der Waals surface area contributed by atoms with Gasteiger partial charge in [0.05, 0.1) is 16.2 Å². The van der Waals surface area contributed by atoms with Crippen LogP contribution in [0.3, 0.4) is 0 Å². The topological polar surface area (TPSA) is 107 Å². The summed E-state index contributed by atoms with van der Waals surface area (Å²) in [5.41, 5.74) is -4.15. The fraction of sp³-hybridized carbons (Fsp3) is 0.105. The summed E-state index contributed by atoms with van der Waals surface area (Å²) in [5, 5.41) is 16.8. The Morgan fingerprint density at radius 2 is 1.84 bits per heavy atom. The predicted octanol–water partition coefficient (Wildman–Crippen LogP) is 3.86. The molecule has 3 rings (SSSR count). The highest BCUT2D eigenvalue weighted by atomic mass is 19.4. The van der Waals surface area contributed by atoms with Gasteiger partial charge in [0.1, 0.15) is 0 Å². The second kappa shape index (κ2) is 7.97. The van der Waals surface area contributed by atoms with E-state index in [0.717, 1.165) is 41.1 Å². The number of carbonyl (C=O) groups excluding carboxylic acids is 1. The monoisotopic (exact) mass is 436 g/mol. The third-order valence-corrected chi connectivity index (χ3v) is 4.16. The van der Waals surface area contributed by atoms with Crippen LogP contribution < -0.4 is 10.7 Å². The quantitative estimate of drug-likeness (QED) is 0.380. The summed E-state index contributed by atoms with van der Waals surface area (Å²) in [5.74, 6) is -2.27. The van der Waals surface area contributed by atoms with Gasteiger partial charge in [-0.15, -0.1) is 0 Å². The van der Waals surface area contributed by atoms with E-state index in [-0.39, 0.29) is 11.4 Å². The summed E-state index contributed by atoms with van der Waals surface area (Å²) in [6.07, 6.45) is -4.72. The molecule has 8 nitrogen and oxygen atoms in total. The van der Waals surface area contributed by atoms with Crippen molar-refractivity contribution in [1.29, 1.82) is 0 Å². The zero-order chi connectivity index (χ0) is 22.9. The van der Waals surface area contributed by atoms with Crippen LogP contribution in [0.1, 0.15) is 21.7 Å². The molecule has 160 valence electrons. The summed E-state index contributed by atoms with van der Waals surface area (Å²) < 4.78 is 54.3. The number of amides is 1. The van der Waals surface area contributed by atoms with Gasteiger partial charge in [0.15, 0.2) is 5.69 Å². The van der Waals surface area contributed by atoms with Crippen LogP contribution in [0.25, 0.3) is 5.69 Å². The summed E-state index contributed by atoms with van der Waals surface area (Å²) >= 11 is 0. The SMILES string of the molecule is Cc1cc(=O)c(C(=O)Nc2ccc(F)c([N+](=O)[O-])c2)nn1-c1ccccc1C(F)(F)F. The largest absolute Gasteiger partial charge is 0.418 e. The van der Waals surface area contributed by atoms with Crippen molar-refractivity contribution in [3.8, 4) is 5.69 Å². The first-order valence-corrected chi connectivity index (χ1v) is 8.52. The molecule has 1 amide bonds. The van der Waals surface area contributed by atoms with Crippen molar-refractivity contribution >= 4 is 17.3 Å². The molecule has 0 fully saturated rings. The van der Waals surface area contributed by atoms with Crippen LogP contribution in [0.5, 0.6) is 0 Å². The number of hydrogen-bond acceptors (Lipinski definition) is 5. The molecule has 31 heavy (non-hydrogen) atoms. The average molecular weight is 436 g/mol.